The fraction of sp³-hybridized carbons (Fsp3) is 0.261. The number of ether oxygens (including phenoxy) is 1. The summed E-state index contributed by atoms with van der Waals surface area (Å²) in [5, 5.41) is 3.98. The van der Waals surface area contributed by atoms with Crippen molar-refractivity contribution in [1.29, 1.82) is 0 Å². The summed E-state index contributed by atoms with van der Waals surface area (Å²) >= 11 is 0. The van der Waals surface area contributed by atoms with E-state index >= 15 is 0 Å². The van der Waals surface area contributed by atoms with Crippen LogP contribution in [0.1, 0.15) is 25.8 Å². The van der Waals surface area contributed by atoms with Gasteiger partial charge in [0, 0.05) is 18.5 Å². The monoisotopic (exact) mass is 376 g/mol. The minimum Gasteiger partial charge on any atom is -0.465 e. The van der Waals surface area contributed by atoms with Crippen LogP contribution in [0.15, 0.2) is 66.9 Å². The molecule has 1 heterocycles. The Morgan fingerprint density at radius 1 is 1.04 bits per heavy atom. The minimum absolute atomic E-state index is 0.0256. The summed E-state index contributed by atoms with van der Waals surface area (Å²) in [4.78, 5) is 29.2. The van der Waals surface area contributed by atoms with E-state index in [9.17, 15) is 9.59 Å². The van der Waals surface area contributed by atoms with Crippen LogP contribution in [-0.4, -0.2) is 23.5 Å². The number of nitrogens with one attached hydrogen (secondary N) is 1. The standard InChI is InChI=1S/C23H24N2O3/c1-3-23(16-28-17(2)26,15-18-9-5-4-6-10-18)22(27)25-20-13-7-11-19-12-8-14-24-21(19)20/h4-14H,3,15-16H2,1-2H3,(H,25,27). The van der Waals surface area contributed by atoms with Gasteiger partial charge in [-0.05, 0) is 30.5 Å². The van der Waals surface area contributed by atoms with Gasteiger partial charge in [0.25, 0.3) is 0 Å². The summed E-state index contributed by atoms with van der Waals surface area (Å²) in [6.07, 6.45) is 2.70. The molecule has 1 atom stereocenters. The van der Waals surface area contributed by atoms with Crippen LogP contribution < -0.4 is 5.32 Å². The van der Waals surface area contributed by atoms with E-state index in [1.807, 2.05) is 67.6 Å². The molecule has 1 unspecified atom stereocenters. The molecule has 1 aromatic heterocycles. The molecule has 5 heteroatoms. The highest BCUT2D eigenvalue weighted by Gasteiger charge is 2.38. The van der Waals surface area contributed by atoms with Crippen LogP contribution in [-0.2, 0) is 20.7 Å². The molecule has 0 saturated heterocycles. The Balaban J connectivity index is 1.93. The topological polar surface area (TPSA) is 68.3 Å². The third kappa shape index (κ3) is 4.36. The van der Waals surface area contributed by atoms with Crippen LogP contribution in [0.25, 0.3) is 10.9 Å². The molecule has 0 saturated carbocycles. The van der Waals surface area contributed by atoms with Gasteiger partial charge in [0.2, 0.25) is 5.91 Å². The number of anilines is 1. The summed E-state index contributed by atoms with van der Waals surface area (Å²) in [7, 11) is 0. The number of benzene rings is 2. The van der Waals surface area contributed by atoms with Gasteiger partial charge in [-0.25, -0.2) is 0 Å². The van der Waals surface area contributed by atoms with Gasteiger partial charge in [0.05, 0.1) is 16.6 Å². The quantitative estimate of drug-likeness (QED) is 0.622. The Morgan fingerprint density at radius 3 is 2.50 bits per heavy atom. The van der Waals surface area contributed by atoms with Crippen molar-refractivity contribution in [3.63, 3.8) is 0 Å². The average Bonchev–Trinajstić information content (AvgIpc) is 2.72. The van der Waals surface area contributed by atoms with Crippen molar-refractivity contribution in [2.24, 2.45) is 5.41 Å². The lowest BCUT2D eigenvalue weighted by Gasteiger charge is -2.31. The fourth-order valence-electron chi connectivity index (χ4n) is 3.27. The number of hydrogen-bond donors (Lipinski definition) is 1. The van der Waals surface area contributed by atoms with Crippen molar-refractivity contribution in [3.8, 4) is 0 Å². The number of pyridine rings is 1. The van der Waals surface area contributed by atoms with E-state index in [0.717, 1.165) is 16.5 Å². The van der Waals surface area contributed by atoms with Crippen molar-refractivity contribution in [3.05, 3.63) is 72.4 Å². The maximum absolute atomic E-state index is 13.4. The maximum Gasteiger partial charge on any atom is 0.302 e. The predicted molar refractivity (Wildman–Crippen MR) is 110 cm³/mol. The van der Waals surface area contributed by atoms with Crippen LogP contribution in [0.4, 0.5) is 5.69 Å². The number of amides is 1. The zero-order valence-electron chi connectivity index (χ0n) is 16.1. The summed E-state index contributed by atoms with van der Waals surface area (Å²) < 4.78 is 5.30. The molecule has 28 heavy (non-hydrogen) atoms. The zero-order chi connectivity index (χ0) is 20.0. The molecular weight excluding hydrogens is 352 g/mol. The van der Waals surface area contributed by atoms with Crippen LogP contribution in [0.3, 0.4) is 0 Å². The number of esters is 1. The molecule has 0 bridgehead atoms. The van der Waals surface area contributed by atoms with E-state index in [0.29, 0.717) is 18.5 Å². The Bertz CT molecular complexity index is 967. The van der Waals surface area contributed by atoms with E-state index in [4.69, 9.17) is 4.74 Å². The second-order valence-electron chi connectivity index (χ2n) is 6.91. The Kier molecular flexibility index (Phi) is 6.04. The first-order chi connectivity index (χ1) is 13.5. The lowest BCUT2D eigenvalue weighted by molar-refractivity contribution is -0.147. The van der Waals surface area contributed by atoms with E-state index < -0.39 is 11.4 Å². The number of hydrogen-bond acceptors (Lipinski definition) is 4. The third-order valence-corrected chi connectivity index (χ3v) is 4.98. The molecule has 0 radical (unpaired) electrons. The first-order valence-electron chi connectivity index (χ1n) is 9.36. The van der Waals surface area contributed by atoms with Crippen molar-refractivity contribution in [2.45, 2.75) is 26.7 Å². The Labute approximate surface area is 164 Å². The molecule has 144 valence electrons. The summed E-state index contributed by atoms with van der Waals surface area (Å²) in [5.74, 6) is -0.580. The SMILES string of the molecule is CCC(COC(C)=O)(Cc1ccccc1)C(=O)Nc1cccc2cccnc12. The van der Waals surface area contributed by atoms with Crippen molar-refractivity contribution < 1.29 is 14.3 Å². The molecule has 0 aliphatic rings. The van der Waals surface area contributed by atoms with E-state index in [1.54, 1.807) is 6.20 Å². The normalized spacial score (nSPS) is 12.9. The van der Waals surface area contributed by atoms with E-state index in [-0.39, 0.29) is 12.5 Å². The number of carbonyl (C=O) groups excluding carboxylic acids is 2. The first kappa shape index (κ1) is 19.5. The summed E-state index contributed by atoms with van der Waals surface area (Å²) in [6.45, 7) is 3.32. The van der Waals surface area contributed by atoms with Crippen LogP contribution in [0.2, 0.25) is 0 Å². The largest absolute Gasteiger partial charge is 0.465 e. The second-order valence-corrected chi connectivity index (χ2v) is 6.91. The van der Waals surface area contributed by atoms with Gasteiger partial charge in [0.15, 0.2) is 0 Å². The average molecular weight is 376 g/mol. The summed E-state index contributed by atoms with van der Waals surface area (Å²) in [5.41, 5.74) is 1.53. The van der Waals surface area contributed by atoms with E-state index in [2.05, 4.69) is 10.3 Å². The molecule has 0 aliphatic heterocycles. The van der Waals surface area contributed by atoms with Gasteiger partial charge in [-0.2, -0.15) is 0 Å². The number of carbonyl (C=O) groups is 2. The van der Waals surface area contributed by atoms with E-state index in [1.165, 1.54) is 6.92 Å². The van der Waals surface area contributed by atoms with Gasteiger partial charge in [-0.1, -0.05) is 55.5 Å². The lowest BCUT2D eigenvalue weighted by Crippen LogP contribution is -2.42. The molecule has 5 nitrogen and oxygen atoms in total. The minimum atomic E-state index is -0.871. The van der Waals surface area contributed by atoms with Gasteiger partial charge in [-0.3, -0.25) is 14.6 Å². The smallest absolute Gasteiger partial charge is 0.302 e. The highest BCUT2D eigenvalue weighted by Crippen LogP contribution is 2.31. The number of fused-ring (bicyclic) bond motifs is 1. The Hall–Kier alpha value is -3.21. The number of para-hydroxylation sites is 1. The number of rotatable bonds is 7. The zero-order valence-corrected chi connectivity index (χ0v) is 16.1. The van der Waals surface area contributed by atoms with Crippen molar-refractivity contribution >= 4 is 28.5 Å². The third-order valence-electron chi connectivity index (χ3n) is 4.98. The molecule has 0 aliphatic carbocycles. The van der Waals surface area contributed by atoms with Gasteiger partial charge in [0.1, 0.15) is 6.61 Å². The number of aromatic nitrogens is 1. The molecule has 3 rings (SSSR count). The van der Waals surface area contributed by atoms with Gasteiger partial charge < -0.3 is 10.1 Å². The maximum atomic E-state index is 13.4. The van der Waals surface area contributed by atoms with Crippen LogP contribution in [0.5, 0.6) is 0 Å². The van der Waals surface area contributed by atoms with Crippen molar-refractivity contribution in [2.75, 3.05) is 11.9 Å². The molecule has 2 aromatic carbocycles. The van der Waals surface area contributed by atoms with Crippen LogP contribution >= 0.6 is 0 Å². The Morgan fingerprint density at radius 2 is 1.79 bits per heavy atom. The molecule has 1 amide bonds. The first-order valence-corrected chi connectivity index (χ1v) is 9.36. The molecule has 1 N–H and O–H groups in total. The highest BCUT2D eigenvalue weighted by atomic mass is 16.5. The molecule has 0 fully saturated rings. The fourth-order valence-corrected chi connectivity index (χ4v) is 3.27. The number of nitrogens with zero attached hydrogens (tertiary/aromatic N) is 1. The molecule has 3 aromatic rings. The predicted octanol–water partition coefficient (Wildman–Crippen LogP) is 4.38. The van der Waals surface area contributed by atoms with Gasteiger partial charge in [-0.15, -0.1) is 0 Å². The van der Waals surface area contributed by atoms with Crippen LogP contribution in [0, 0.1) is 5.41 Å². The molecular formula is C23H24N2O3. The van der Waals surface area contributed by atoms with Crippen molar-refractivity contribution in [1.82, 2.24) is 4.98 Å². The summed E-state index contributed by atoms with van der Waals surface area (Å²) in [6, 6.07) is 19.3. The lowest BCUT2D eigenvalue weighted by atomic mass is 9.78. The molecule has 0 spiro atoms. The highest BCUT2D eigenvalue weighted by molar-refractivity contribution is 6.02. The van der Waals surface area contributed by atoms with Gasteiger partial charge >= 0.3 is 5.97 Å². The second kappa shape index (κ2) is 8.65.